The molecule has 0 heterocycles. The van der Waals surface area contributed by atoms with E-state index in [1.165, 1.54) is 0 Å². The Balaban J connectivity index is 1.55. The Morgan fingerprint density at radius 2 is 1.52 bits per heavy atom. The molecule has 0 aromatic heterocycles. The molecule has 2 atom stereocenters. The SMILES string of the molecule is C[C@H](NC(=O)C[C@@H](CC(=O)NC(C)(C)C)NC(=O)CCc1ccccc1)C(=O)NCc1cc#cc2ccccc12. The van der Waals surface area contributed by atoms with Gasteiger partial charge < -0.3 is 21.3 Å². The van der Waals surface area contributed by atoms with E-state index in [9.17, 15) is 19.2 Å². The lowest BCUT2D eigenvalue weighted by molar-refractivity contribution is -0.130. The summed E-state index contributed by atoms with van der Waals surface area (Å²) in [7, 11) is 0. The third kappa shape index (κ3) is 10.1. The summed E-state index contributed by atoms with van der Waals surface area (Å²) < 4.78 is 0. The second kappa shape index (κ2) is 14.1. The third-order valence-corrected chi connectivity index (χ3v) is 6.18. The van der Waals surface area contributed by atoms with Crippen LogP contribution >= 0.6 is 0 Å². The largest absolute Gasteiger partial charge is 0.352 e. The van der Waals surface area contributed by atoms with Gasteiger partial charge in [-0.1, -0.05) is 60.7 Å². The van der Waals surface area contributed by atoms with Gasteiger partial charge in [0.05, 0.1) is 0 Å². The van der Waals surface area contributed by atoms with Crippen LogP contribution in [0.15, 0.2) is 60.7 Å². The van der Waals surface area contributed by atoms with Crippen LogP contribution in [-0.4, -0.2) is 41.3 Å². The van der Waals surface area contributed by atoms with Gasteiger partial charge in [0.2, 0.25) is 23.6 Å². The number of carbonyl (C=O) groups excluding carboxylic acids is 4. The monoisotopic (exact) mass is 542 g/mol. The first-order valence-corrected chi connectivity index (χ1v) is 13.5. The summed E-state index contributed by atoms with van der Waals surface area (Å²) in [5, 5.41) is 13.1. The minimum absolute atomic E-state index is 0.0586. The number of amides is 4. The van der Waals surface area contributed by atoms with Crippen molar-refractivity contribution in [1.82, 2.24) is 21.3 Å². The van der Waals surface area contributed by atoms with Crippen LogP contribution in [0.25, 0.3) is 10.8 Å². The van der Waals surface area contributed by atoms with E-state index in [4.69, 9.17) is 0 Å². The minimum atomic E-state index is -0.809. The number of fused-ring (bicyclic) bond motifs is 1. The first kappa shape index (κ1) is 30.2. The maximum absolute atomic E-state index is 12.9. The van der Waals surface area contributed by atoms with Gasteiger partial charge in [0.15, 0.2) is 0 Å². The smallest absolute Gasteiger partial charge is 0.242 e. The highest BCUT2D eigenvalue weighted by molar-refractivity contribution is 5.89. The van der Waals surface area contributed by atoms with E-state index in [0.717, 1.165) is 21.9 Å². The molecule has 0 aliphatic rings. The van der Waals surface area contributed by atoms with Gasteiger partial charge in [0, 0.05) is 42.8 Å². The number of hydrogen-bond donors (Lipinski definition) is 4. The molecule has 210 valence electrons. The molecule has 0 bridgehead atoms. The number of rotatable bonds is 12. The third-order valence-electron chi connectivity index (χ3n) is 6.18. The molecule has 4 N–H and O–H groups in total. The quantitative estimate of drug-likeness (QED) is 0.281. The second-order valence-electron chi connectivity index (χ2n) is 10.9. The Bertz CT molecular complexity index is 1310. The highest BCUT2D eigenvalue weighted by Gasteiger charge is 2.24. The van der Waals surface area contributed by atoms with E-state index in [1.807, 2.05) is 75.4 Å². The van der Waals surface area contributed by atoms with Gasteiger partial charge in [0.1, 0.15) is 6.04 Å². The molecule has 8 heteroatoms. The van der Waals surface area contributed by atoms with Crippen LogP contribution in [-0.2, 0) is 32.1 Å². The molecule has 0 radical (unpaired) electrons. The Hall–Kier alpha value is -4.38. The van der Waals surface area contributed by atoms with Gasteiger partial charge in [-0.25, -0.2) is 0 Å². The van der Waals surface area contributed by atoms with E-state index in [-0.39, 0.29) is 43.5 Å². The Kier molecular flexibility index (Phi) is 10.7. The topological polar surface area (TPSA) is 116 Å². The van der Waals surface area contributed by atoms with Crippen molar-refractivity contribution in [3.05, 3.63) is 83.9 Å². The van der Waals surface area contributed by atoms with Crippen LogP contribution in [0.2, 0.25) is 0 Å². The molecule has 0 unspecified atom stereocenters. The predicted molar refractivity (Wildman–Crippen MR) is 155 cm³/mol. The highest BCUT2D eigenvalue weighted by Crippen LogP contribution is 2.15. The average Bonchev–Trinajstić information content (AvgIpc) is 2.89. The molecule has 0 aliphatic carbocycles. The molecule has 0 fully saturated rings. The summed E-state index contributed by atoms with van der Waals surface area (Å²) in [6.45, 7) is 7.45. The molecule has 0 spiro atoms. The van der Waals surface area contributed by atoms with Crippen LogP contribution in [0.5, 0.6) is 0 Å². The molecular weight excluding hydrogens is 504 g/mol. The number of nitrogens with one attached hydrogen (secondary N) is 4. The lowest BCUT2D eigenvalue weighted by Gasteiger charge is -2.24. The molecule has 0 saturated carbocycles. The summed E-state index contributed by atoms with van der Waals surface area (Å²) in [5.41, 5.74) is 1.47. The Morgan fingerprint density at radius 1 is 0.850 bits per heavy atom. The van der Waals surface area contributed by atoms with Crippen LogP contribution in [0.4, 0.5) is 0 Å². The van der Waals surface area contributed by atoms with Crippen molar-refractivity contribution in [2.45, 2.75) is 77.5 Å². The van der Waals surface area contributed by atoms with Gasteiger partial charge >= 0.3 is 0 Å². The van der Waals surface area contributed by atoms with E-state index < -0.39 is 23.5 Å². The van der Waals surface area contributed by atoms with Crippen molar-refractivity contribution in [3.63, 3.8) is 0 Å². The van der Waals surface area contributed by atoms with Crippen molar-refractivity contribution < 1.29 is 19.2 Å². The summed E-state index contributed by atoms with van der Waals surface area (Å²) >= 11 is 0. The van der Waals surface area contributed by atoms with Crippen molar-refractivity contribution in [2.75, 3.05) is 0 Å². The van der Waals surface area contributed by atoms with Crippen molar-refractivity contribution in [3.8, 4) is 0 Å². The highest BCUT2D eigenvalue weighted by atomic mass is 16.2. The fourth-order valence-electron chi connectivity index (χ4n) is 4.29. The standard InChI is InChI=1S/C32H38N4O4/c1-22(31(40)33-21-25-15-10-14-24-13-8-9-16-27(24)25)34-29(38)19-26(20-30(39)36-32(2,3)4)35-28(37)18-17-23-11-6-5-7-12-23/h5-9,11-13,15-16,22,26H,17-21H2,1-4H3,(H,33,40)(H,34,38)(H,35,37)(H,36,39)/t22-,26-/m0/s1. The van der Waals surface area contributed by atoms with Crippen LogP contribution < -0.4 is 21.3 Å². The van der Waals surface area contributed by atoms with E-state index >= 15 is 0 Å². The zero-order chi connectivity index (χ0) is 29.1. The predicted octanol–water partition coefficient (Wildman–Crippen LogP) is 3.37. The van der Waals surface area contributed by atoms with Crippen molar-refractivity contribution >= 4 is 34.4 Å². The van der Waals surface area contributed by atoms with Gasteiger partial charge in [-0.2, -0.15) is 0 Å². The second-order valence-corrected chi connectivity index (χ2v) is 10.9. The fourth-order valence-corrected chi connectivity index (χ4v) is 4.29. The summed E-state index contributed by atoms with van der Waals surface area (Å²) in [4.78, 5) is 50.9. The normalized spacial score (nSPS) is 12.5. The maximum Gasteiger partial charge on any atom is 0.242 e. The van der Waals surface area contributed by atoms with Gasteiger partial charge in [-0.15, -0.1) is 0 Å². The van der Waals surface area contributed by atoms with Crippen LogP contribution in [0, 0.1) is 12.1 Å². The number of aryl methyl sites for hydroxylation is 1. The molecule has 4 amide bonds. The molecular formula is C32H38N4O4. The zero-order valence-corrected chi connectivity index (χ0v) is 23.6. The molecule has 40 heavy (non-hydrogen) atoms. The maximum atomic E-state index is 12.9. The number of benzene rings is 2. The number of hydrogen-bond acceptors (Lipinski definition) is 4. The van der Waals surface area contributed by atoms with Crippen LogP contribution in [0.1, 0.15) is 58.1 Å². The van der Waals surface area contributed by atoms with E-state index in [2.05, 4.69) is 33.4 Å². The van der Waals surface area contributed by atoms with Gasteiger partial charge in [-0.3, -0.25) is 19.2 Å². The van der Waals surface area contributed by atoms with Crippen molar-refractivity contribution in [1.29, 1.82) is 0 Å². The average molecular weight is 543 g/mol. The molecule has 3 aromatic carbocycles. The molecule has 0 aliphatic heterocycles. The Labute approximate surface area is 236 Å². The van der Waals surface area contributed by atoms with Gasteiger partial charge in [-0.05, 0) is 62.8 Å². The van der Waals surface area contributed by atoms with E-state index in [1.54, 1.807) is 13.0 Å². The summed E-state index contributed by atoms with van der Waals surface area (Å²) in [5.74, 6) is -1.31. The first-order valence-electron chi connectivity index (χ1n) is 13.5. The molecule has 8 nitrogen and oxygen atoms in total. The first-order chi connectivity index (χ1) is 19.0. The minimum Gasteiger partial charge on any atom is -0.352 e. The van der Waals surface area contributed by atoms with Crippen molar-refractivity contribution in [2.24, 2.45) is 0 Å². The fraction of sp³-hybridized carbons (Fsp3) is 0.375. The molecule has 3 aromatic rings. The Morgan fingerprint density at radius 3 is 2.25 bits per heavy atom. The lowest BCUT2D eigenvalue weighted by Crippen LogP contribution is -2.48. The lowest BCUT2D eigenvalue weighted by atomic mass is 10.0. The van der Waals surface area contributed by atoms with E-state index in [0.29, 0.717) is 6.42 Å². The zero-order valence-electron chi connectivity index (χ0n) is 23.6. The molecule has 0 saturated heterocycles. The summed E-state index contributed by atoms with van der Waals surface area (Å²) in [6.07, 6.45) is 0.575. The van der Waals surface area contributed by atoms with Crippen LogP contribution in [0.3, 0.4) is 0 Å². The van der Waals surface area contributed by atoms with Gasteiger partial charge in [0.25, 0.3) is 0 Å². The number of carbonyl (C=O) groups is 4. The summed E-state index contributed by atoms with van der Waals surface area (Å²) in [6, 6.07) is 23.6. The molecule has 3 rings (SSSR count).